The quantitative estimate of drug-likeness (QED) is 0.670. The van der Waals surface area contributed by atoms with Crippen LogP contribution in [0.2, 0.25) is 5.15 Å². The number of rotatable bonds is 2. The van der Waals surface area contributed by atoms with E-state index in [1.54, 1.807) is 6.20 Å². The Morgan fingerprint density at radius 1 is 1.20 bits per heavy atom. The minimum absolute atomic E-state index is 0.352. The molecular formula is C14H19BClNO3. The van der Waals surface area contributed by atoms with Crippen LogP contribution in [0, 0.1) is 0 Å². The summed E-state index contributed by atoms with van der Waals surface area (Å²) in [6.07, 6.45) is 3.10. The molecule has 1 aromatic heterocycles. The highest BCUT2D eigenvalue weighted by molar-refractivity contribution is 6.62. The molecule has 1 saturated heterocycles. The first-order chi connectivity index (χ1) is 9.15. The van der Waals surface area contributed by atoms with Crippen molar-refractivity contribution in [2.45, 2.75) is 57.3 Å². The Bertz CT molecular complexity index is 541. The summed E-state index contributed by atoms with van der Waals surface area (Å²) in [5, 5.41) is 10.6. The largest absolute Gasteiger partial charge is 0.496 e. The molecule has 1 aromatic rings. The van der Waals surface area contributed by atoms with Crippen molar-refractivity contribution in [2.75, 3.05) is 0 Å². The van der Waals surface area contributed by atoms with Crippen LogP contribution >= 0.6 is 11.6 Å². The van der Waals surface area contributed by atoms with Crippen molar-refractivity contribution in [3.05, 3.63) is 23.0 Å². The van der Waals surface area contributed by atoms with Gasteiger partial charge in [0.05, 0.1) is 16.8 Å². The van der Waals surface area contributed by atoms with Gasteiger partial charge in [0.15, 0.2) is 0 Å². The molecule has 1 aliphatic carbocycles. The lowest BCUT2D eigenvalue weighted by molar-refractivity contribution is 0.00578. The van der Waals surface area contributed by atoms with Gasteiger partial charge >= 0.3 is 7.12 Å². The fourth-order valence-electron chi connectivity index (χ4n) is 2.29. The molecule has 4 nitrogen and oxygen atoms in total. The Hall–Kier alpha value is -0.615. The normalized spacial score (nSPS) is 25.8. The van der Waals surface area contributed by atoms with E-state index >= 15 is 0 Å². The van der Waals surface area contributed by atoms with Crippen molar-refractivity contribution in [2.24, 2.45) is 0 Å². The molecule has 0 atom stereocenters. The summed E-state index contributed by atoms with van der Waals surface area (Å²) < 4.78 is 12.0. The van der Waals surface area contributed by atoms with E-state index in [4.69, 9.17) is 20.9 Å². The summed E-state index contributed by atoms with van der Waals surface area (Å²) in [6, 6.07) is 1.85. The van der Waals surface area contributed by atoms with E-state index in [1.807, 2.05) is 33.8 Å². The van der Waals surface area contributed by atoms with E-state index in [9.17, 15) is 5.11 Å². The zero-order valence-corrected chi connectivity index (χ0v) is 13.0. The van der Waals surface area contributed by atoms with E-state index in [-0.39, 0.29) is 0 Å². The van der Waals surface area contributed by atoms with Crippen molar-refractivity contribution in [1.29, 1.82) is 0 Å². The Kier molecular flexibility index (Phi) is 3.01. The molecule has 0 spiro atoms. The number of aliphatic hydroxyl groups is 1. The predicted octanol–water partition coefficient (Wildman–Crippen LogP) is 2.02. The van der Waals surface area contributed by atoms with E-state index in [0.29, 0.717) is 10.7 Å². The van der Waals surface area contributed by atoms with Crippen LogP contribution in [0.15, 0.2) is 12.3 Å². The van der Waals surface area contributed by atoms with Gasteiger partial charge in [0.1, 0.15) is 5.15 Å². The van der Waals surface area contributed by atoms with E-state index < -0.39 is 23.9 Å². The first kappa shape index (κ1) is 14.3. The number of halogens is 1. The molecule has 3 rings (SSSR count). The van der Waals surface area contributed by atoms with Gasteiger partial charge in [-0.1, -0.05) is 17.7 Å². The molecule has 2 aliphatic rings. The van der Waals surface area contributed by atoms with Crippen LogP contribution in [0.5, 0.6) is 0 Å². The van der Waals surface area contributed by atoms with Gasteiger partial charge in [-0.05, 0) is 40.5 Å². The van der Waals surface area contributed by atoms with E-state index in [2.05, 4.69) is 4.98 Å². The summed E-state index contributed by atoms with van der Waals surface area (Å²) in [5.74, 6) is 0. The van der Waals surface area contributed by atoms with Gasteiger partial charge in [-0.25, -0.2) is 4.98 Å². The second-order valence-electron chi connectivity index (χ2n) is 6.73. The number of hydrogen-bond donors (Lipinski definition) is 1. The molecule has 2 fully saturated rings. The van der Waals surface area contributed by atoms with Gasteiger partial charge in [-0.3, -0.25) is 0 Å². The highest BCUT2D eigenvalue weighted by Crippen LogP contribution is 2.47. The minimum Gasteiger partial charge on any atom is -0.399 e. The Morgan fingerprint density at radius 2 is 1.75 bits per heavy atom. The van der Waals surface area contributed by atoms with Crippen molar-refractivity contribution < 1.29 is 14.4 Å². The van der Waals surface area contributed by atoms with Gasteiger partial charge in [-0.15, -0.1) is 0 Å². The Balaban J connectivity index is 1.93. The summed E-state index contributed by atoms with van der Waals surface area (Å²) in [6.45, 7) is 8.02. The molecular weight excluding hydrogens is 276 g/mol. The lowest BCUT2D eigenvalue weighted by Gasteiger charge is -2.32. The van der Waals surface area contributed by atoms with E-state index in [1.165, 1.54) is 0 Å². The number of pyridine rings is 1. The summed E-state index contributed by atoms with van der Waals surface area (Å²) in [7, 11) is -0.481. The monoisotopic (exact) mass is 295 g/mol. The van der Waals surface area contributed by atoms with Crippen molar-refractivity contribution in [1.82, 2.24) is 4.98 Å². The number of nitrogens with zero attached hydrogens (tertiary/aromatic N) is 1. The van der Waals surface area contributed by atoms with Gasteiger partial charge in [-0.2, -0.15) is 0 Å². The molecule has 1 saturated carbocycles. The van der Waals surface area contributed by atoms with Crippen LogP contribution in [0.25, 0.3) is 0 Å². The molecule has 1 N–H and O–H groups in total. The lowest BCUT2D eigenvalue weighted by Crippen LogP contribution is -2.41. The minimum atomic E-state index is -0.816. The standard InChI is InChI=1S/C14H19BClNO3/c1-12(2)13(3,4)20-15(19-12)9-7-10(11(16)17-8-9)14(18)5-6-14/h7-8,18H,5-6H2,1-4H3. The number of aromatic nitrogens is 1. The molecule has 0 amide bonds. The predicted molar refractivity (Wildman–Crippen MR) is 78.1 cm³/mol. The Labute approximate surface area is 124 Å². The van der Waals surface area contributed by atoms with Crippen molar-refractivity contribution in [3.63, 3.8) is 0 Å². The summed E-state index contributed by atoms with van der Waals surface area (Å²) >= 11 is 6.09. The molecule has 2 heterocycles. The molecule has 0 bridgehead atoms. The maximum absolute atomic E-state index is 10.2. The SMILES string of the molecule is CC1(C)OB(c2cnc(Cl)c(C3(O)CC3)c2)OC1(C)C. The third kappa shape index (κ3) is 2.17. The molecule has 0 radical (unpaired) electrons. The highest BCUT2D eigenvalue weighted by Gasteiger charge is 2.52. The summed E-state index contributed by atoms with van der Waals surface area (Å²) in [4.78, 5) is 4.17. The van der Waals surface area contributed by atoms with Gasteiger partial charge in [0, 0.05) is 17.2 Å². The number of hydrogen-bond acceptors (Lipinski definition) is 4. The zero-order chi connectivity index (χ0) is 14.8. The molecule has 6 heteroatoms. The van der Waals surface area contributed by atoms with Crippen LogP contribution < -0.4 is 5.46 Å². The third-order valence-electron chi connectivity index (χ3n) is 4.61. The topological polar surface area (TPSA) is 51.6 Å². The first-order valence-electron chi connectivity index (χ1n) is 6.89. The zero-order valence-electron chi connectivity index (χ0n) is 12.2. The second kappa shape index (κ2) is 4.20. The smallest absolute Gasteiger partial charge is 0.399 e. The van der Waals surface area contributed by atoms with Crippen molar-refractivity contribution in [3.8, 4) is 0 Å². The fourth-order valence-corrected chi connectivity index (χ4v) is 2.57. The van der Waals surface area contributed by atoms with Gasteiger partial charge in [0.2, 0.25) is 0 Å². The summed E-state index contributed by atoms with van der Waals surface area (Å²) in [5.41, 5.74) is -0.138. The maximum Gasteiger partial charge on any atom is 0.496 e. The van der Waals surface area contributed by atoms with E-state index in [0.717, 1.165) is 18.3 Å². The maximum atomic E-state index is 10.2. The Morgan fingerprint density at radius 3 is 2.25 bits per heavy atom. The molecule has 0 aromatic carbocycles. The molecule has 108 valence electrons. The van der Waals surface area contributed by atoms with Crippen LogP contribution in [-0.2, 0) is 14.9 Å². The van der Waals surface area contributed by atoms with Crippen LogP contribution in [0.4, 0.5) is 0 Å². The highest BCUT2D eigenvalue weighted by atomic mass is 35.5. The first-order valence-corrected chi connectivity index (χ1v) is 7.26. The molecule has 0 unspecified atom stereocenters. The molecule has 20 heavy (non-hydrogen) atoms. The van der Waals surface area contributed by atoms with Crippen LogP contribution in [0.3, 0.4) is 0 Å². The third-order valence-corrected chi connectivity index (χ3v) is 4.91. The van der Waals surface area contributed by atoms with Crippen LogP contribution in [0.1, 0.15) is 46.1 Å². The van der Waals surface area contributed by atoms with Gasteiger partial charge in [0.25, 0.3) is 0 Å². The van der Waals surface area contributed by atoms with Crippen LogP contribution in [-0.4, -0.2) is 28.4 Å². The average molecular weight is 296 g/mol. The molecule has 1 aliphatic heterocycles. The second-order valence-corrected chi connectivity index (χ2v) is 7.08. The van der Waals surface area contributed by atoms with Crippen molar-refractivity contribution >= 4 is 24.2 Å². The average Bonchev–Trinajstić information content (AvgIpc) is 3.02. The fraction of sp³-hybridized carbons (Fsp3) is 0.643. The van der Waals surface area contributed by atoms with Gasteiger partial charge < -0.3 is 14.4 Å². The lowest BCUT2D eigenvalue weighted by atomic mass is 9.79.